The molecule has 0 fully saturated rings. The van der Waals surface area contributed by atoms with Crippen molar-refractivity contribution in [1.82, 2.24) is 5.32 Å². The van der Waals surface area contributed by atoms with Crippen molar-refractivity contribution in [3.63, 3.8) is 0 Å². The SMILES string of the molecule is Cc1ccc(C(=O)N[C@@H](CC(N)=O)C(=O)O)c(Cl)c1. The minimum Gasteiger partial charge on any atom is -0.480 e. The molecule has 2 amide bonds. The number of aliphatic carboxylic acids is 1. The van der Waals surface area contributed by atoms with E-state index >= 15 is 0 Å². The van der Waals surface area contributed by atoms with Crippen LogP contribution in [0.4, 0.5) is 0 Å². The number of hydrogen-bond donors (Lipinski definition) is 3. The van der Waals surface area contributed by atoms with Crippen LogP contribution in [0.5, 0.6) is 0 Å². The van der Waals surface area contributed by atoms with Crippen LogP contribution >= 0.6 is 11.6 Å². The second-order valence-electron chi connectivity index (χ2n) is 4.02. The van der Waals surface area contributed by atoms with Crippen molar-refractivity contribution in [2.75, 3.05) is 0 Å². The number of nitrogens with two attached hydrogens (primary N) is 1. The van der Waals surface area contributed by atoms with Gasteiger partial charge in [-0.25, -0.2) is 4.79 Å². The normalized spacial score (nSPS) is 11.7. The molecule has 6 nitrogen and oxygen atoms in total. The standard InChI is InChI=1S/C12H13ClN2O4/c1-6-2-3-7(8(13)4-6)11(17)15-9(12(18)19)5-10(14)16/h2-4,9H,5H2,1H3,(H2,14,16)(H,15,17)(H,18,19)/t9-/m0/s1. The Balaban J connectivity index is 2.87. The number of carbonyl (C=O) groups excluding carboxylic acids is 2. The summed E-state index contributed by atoms with van der Waals surface area (Å²) in [6.45, 7) is 1.81. The molecule has 1 atom stereocenters. The highest BCUT2D eigenvalue weighted by Gasteiger charge is 2.23. The Hall–Kier alpha value is -2.08. The van der Waals surface area contributed by atoms with Crippen molar-refractivity contribution < 1.29 is 19.5 Å². The number of benzene rings is 1. The van der Waals surface area contributed by atoms with Crippen molar-refractivity contribution in [1.29, 1.82) is 0 Å². The first-order valence-electron chi connectivity index (χ1n) is 5.39. The maximum Gasteiger partial charge on any atom is 0.326 e. The lowest BCUT2D eigenvalue weighted by atomic mass is 10.1. The van der Waals surface area contributed by atoms with Crippen molar-refractivity contribution in [3.8, 4) is 0 Å². The molecule has 0 bridgehead atoms. The lowest BCUT2D eigenvalue weighted by molar-refractivity contribution is -0.140. The van der Waals surface area contributed by atoms with E-state index in [-0.39, 0.29) is 10.6 Å². The highest BCUT2D eigenvalue weighted by molar-refractivity contribution is 6.34. The summed E-state index contributed by atoms with van der Waals surface area (Å²) in [5.74, 6) is -2.82. The minimum absolute atomic E-state index is 0.142. The second kappa shape index (κ2) is 6.19. The van der Waals surface area contributed by atoms with Gasteiger partial charge in [-0.2, -0.15) is 0 Å². The second-order valence-corrected chi connectivity index (χ2v) is 4.43. The van der Waals surface area contributed by atoms with Crippen LogP contribution in [0.15, 0.2) is 18.2 Å². The van der Waals surface area contributed by atoms with Crippen LogP contribution in [0.2, 0.25) is 5.02 Å². The Morgan fingerprint density at radius 3 is 2.53 bits per heavy atom. The molecular weight excluding hydrogens is 272 g/mol. The molecule has 0 aliphatic heterocycles. The summed E-state index contributed by atoms with van der Waals surface area (Å²) in [4.78, 5) is 33.5. The average molecular weight is 285 g/mol. The Kier molecular flexibility index (Phi) is 4.88. The maximum absolute atomic E-state index is 11.9. The highest BCUT2D eigenvalue weighted by atomic mass is 35.5. The first-order valence-corrected chi connectivity index (χ1v) is 5.77. The molecule has 4 N–H and O–H groups in total. The Morgan fingerprint density at radius 2 is 2.05 bits per heavy atom. The highest BCUT2D eigenvalue weighted by Crippen LogP contribution is 2.17. The quantitative estimate of drug-likeness (QED) is 0.739. The molecule has 1 aromatic carbocycles. The first-order chi connectivity index (χ1) is 8.81. The Labute approximate surface area is 114 Å². The number of carbonyl (C=O) groups is 3. The fourth-order valence-corrected chi connectivity index (χ4v) is 1.76. The number of rotatable bonds is 5. The molecule has 0 aromatic heterocycles. The summed E-state index contributed by atoms with van der Waals surface area (Å²) in [5.41, 5.74) is 5.93. The summed E-state index contributed by atoms with van der Waals surface area (Å²) in [6, 6.07) is 3.36. The van der Waals surface area contributed by atoms with E-state index in [1.165, 1.54) is 6.07 Å². The maximum atomic E-state index is 11.9. The molecule has 0 aliphatic rings. The van der Waals surface area contributed by atoms with Gasteiger partial charge in [-0.05, 0) is 24.6 Å². The molecule has 1 aromatic rings. The van der Waals surface area contributed by atoms with Crippen molar-refractivity contribution in [2.24, 2.45) is 5.73 Å². The van der Waals surface area contributed by atoms with Crippen LogP contribution in [0.1, 0.15) is 22.3 Å². The fourth-order valence-electron chi connectivity index (χ4n) is 1.44. The van der Waals surface area contributed by atoms with Gasteiger partial charge in [0.1, 0.15) is 6.04 Å². The predicted octanol–water partition coefficient (Wildman–Crippen LogP) is 0.707. The Bertz CT molecular complexity index is 530. The van der Waals surface area contributed by atoms with Crippen LogP contribution in [0.25, 0.3) is 0 Å². The number of aryl methyl sites for hydroxylation is 1. The Morgan fingerprint density at radius 1 is 1.42 bits per heavy atom. The summed E-state index contributed by atoms with van der Waals surface area (Å²) >= 11 is 5.89. The number of carboxylic acid groups (broad SMARTS) is 1. The zero-order valence-corrected chi connectivity index (χ0v) is 10.9. The summed E-state index contributed by atoms with van der Waals surface area (Å²) in [6.07, 6.45) is -0.482. The van der Waals surface area contributed by atoms with Crippen molar-refractivity contribution >= 4 is 29.4 Å². The molecular formula is C12H13ClN2O4. The van der Waals surface area contributed by atoms with Crippen molar-refractivity contribution in [2.45, 2.75) is 19.4 Å². The molecule has 0 saturated carbocycles. The predicted molar refractivity (Wildman–Crippen MR) is 68.9 cm³/mol. The molecule has 7 heteroatoms. The van der Waals surface area contributed by atoms with E-state index in [2.05, 4.69) is 5.32 Å². The largest absolute Gasteiger partial charge is 0.480 e. The van der Waals surface area contributed by atoms with E-state index < -0.39 is 30.2 Å². The van der Waals surface area contributed by atoms with Crippen LogP contribution < -0.4 is 11.1 Å². The van der Waals surface area contributed by atoms with E-state index in [4.69, 9.17) is 22.4 Å². The first kappa shape index (κ1) is 15.0. The van der Waals surface area contributed by atoms with Crippen molar-refractivity contribution in [3.05, 3.63) is 34.3 Å². The zero-order valence-electron chi connectivity index (χ0n) is 10.1. The van der Waals surface area contributed by atoms with Gasteiger partial charge in [0.25, 0.3) is 5.91 Å². The molecule has 0 spiro atoms. The number of amides is 2. The number of carboxylic acids is 1. The van der Waals surface area contributed by atoms with Crippen LogP contribution in [0.3, 0.4) is 0 Å². The smallest absolute Gasteiger partial charge is 0.326 e. The third kappa shape index (κ3) is 4.26. The molecule has 0 aliphatic carbocycles. The van der Waals surface area contributed by atoms with Gasteiger partial charge >= 0.3 is 5.97 Å². The monoisotopic (exact) mass is 284 g/mol. The van der Waals surface area contributed by atoms with Gasteiger partial charge in [0.15, 0.2) is 0 Å². The van der Waals surface area contributed by atoms with E-state index in [1.807, 2.05) is 0 Å². The van der Waals surface area contributed by atoms with E-state index in [0.717, 1.165) is 5.56 Å². The van der Waals surface area contributed by atoms with Gasteiger partial charge in [0.05, 0.1) is 17.0 Å². The van der Waals surface area contributed by atoms with Crippen LogP contribution in [-0.4, -0.2) is 28.9 Å². The van der Waals surface area contributed by atoms with Crippen LogP contribution in [-0.2, 0) is 9.59 Å². The van der Waals surface area contributed by atoms with E-state index in [1.54, 1.807) is 19.1 Å². The molecule has 0 unspecified atom stereocenters. The third-order valence-electron chi connectivity index (χ3n) is 2.38. The van der Waals surface area contributed by atoms with Gasteiger partial charge in [-0.15, -0.1) is 0 Å². The molecule has 0 radical (unpaired) electrons. The molecule has 0 heterocycles. The zero-order chi connectivity index (χ0) is 14.6. The number of primary amides is 1. The molecule has 19 heavy (non-hydrogen) atoms. The lowest BCUT2D eigenvalue weighted by Crippen LogP contribution is -2.43. The number of nitrogens with one attached hydrogen (secondary N) is 1. The van der Waals surface area contributed by atoms with Gasteiger partial charge in [0, 0.05) is 0 Å². The number of halogens is 1. The summed E-state index contributed by atoms with van der Waals surface area (Å²) in [5, 5.41) is 11.3. The van der Waals surface area contributed by atoms with Crippen LogP contribution in [0, 0.1) is 6.92 Å². The fraction of sp³-hybridized carbons (Fsp3) is 0.250. The minimum atomic E-state index is -1.37. The van der Waals surface area contributed by atoms with E-state index in [9.17, 15) is 14.4 Å². The molecule has 0 saturated heterocycles. The lowest BCUT2D eigenvalue weighted by Gasteiger charge is -2.13. The topological polar surface area (TPSA) is 109 Å². The van der Waals surface area contributed by atoms with Gasteiger partial charge < -0.3 is 16.2 Å². The molecule has 102 valence electrons. The average Bonchev–Trinajstić information content (AvgIpc) is 2.26. The van der Waals surface area contributed by atoms with Gasteiger partial charge in [-0.3, -0.25) is 9.59 Å². The van der Waals surface area contributed by atoms with Gasteiger partial charge in [0.2, 0.25) is 5.91 Å². The molecule has 1 rings (SSSR count). The third-order valence-corrected chi connectivity index (χ3v) is 2.69. The summed E-state index contributed by atoms with van der Waals surface area (Å²) < 4.78 is 0. The van der Waals surface area contributed by atoms with E-state index in [0.29, 0.717) is 0 Å². The number of hydrogen-bond acceptors (Lipinski definition) is 3. The summed E-state index contributed by atoms with van der Waals surface area (Å²) in [7, 11) is 0. The van der Waals surface area contributed by atoms with Gasteiger partial charge in [-0.1, -0.05) is 17.7 Å².